The quantitative estimate of drug-likeness (QED) is 0.415. The lowest BCUT2D eigenvalue weighted by Crippen LogP contribution is -2.46. The number of halogens is 1. The third-order valence-electron chi connectivity index (χ3n) is 5.38. The molecule has 0 bridgehead atoms. The minimum Gasteiger partial charge on any atom is -0.356 e. The fourth-order valence-corrected chi connectivity index (χ4v) is 3.36. The van der Waals surface area contributed by atoms with Gasteiger partial charge in [0.25, 0.3) is 0 Å². The van der Waals surface area contributed by atoms with Gasteiger partial charge in [-0.2, -0.15) is 0 Å². The fourth-order valence-electron chi connectivity index (χ4n) is 3.36. The fraction of sp³-hybridized carbons (Fsp3) is 0.667. The first-order valence-electron chi connectivity index (χ1n) is 10.2. The van der Waals surface area contributed by atoms with E-state index in [-0.39, 0.29) is 11.9 Å². The van der Waals surface area contributed by atoms with Crippen LogP contribution in [0.5, 0.6) is 0 Å². The highest BCUT2D eigenvalue weighted by Gasteiger charge is 2.14. The number of hydrogen-bond donors (Lipinski definition) is 2. The van der Waals surface area contributed by atoms with E-state index in [1.807, 2.05) is 19.1 Å². The Morgan fingerprint density at radius 1 is 1.19 bits per heavy atom. The molecular weight excluding hydrogens is 341 g/mol. The monoisotopic (exact) mass is 377 g/mol. The Kier molecular flexibility index (Phi) is 9.01. The first-order chi connectivity index (χ1) is 13.0. The zero-order valence-electron chi connectivity index (χ0n) is 17.4. The van der Waals surface area contributed by atoms with Gasteiger partial charge in [0.2, 0.25) is 0 Å². The molecular formula is C21H36FN5. The maximum atomic E-state index is 13.8. The molecule has 0 aromatic heterocycles. The maximum absolute atomic E-state index is 13.8. The molecule has 1 atom stereocenters. The molecule has 0 aliphatic carbocycles. The van der Waals surface area contributed by atoms with Crippen molar-refractivity contribution in [1.82, 2.24) is 20.4 Å². The summed E-state index contributed by atoms with van der Waals surface area (Å²) >= 11 is 0. The van der Waals surface area contributed by atoms with E-state index in [1.165, 1.54) is 39.1 Å². The second-order valence-corrected chi connectivity index (χ2v) is 7.36. The average molecular weight is 378 g/mol. The number of nitrogens with one attached hydrogen (secondary N) is 2. The van der Waals surface area contributed by atoms with Crippen LogP contribution < -0.4 is 10.6 Å². The summed E-state index contributed by atoms with van der Waals surface area (Å²) in [5.41, 5.74) is 1.59. The molecule has 1 saturated heterocycles. The molecule has 1 fully saturated rings. The van der Waals surface area contributed by atoms with Gasteiger partial charge in [-0.25, -0.2) is 4.39 Å². The van der Waals surface area contributed by atoms with Gasteiger partial charge in [-0.1, -0.05) is 19.1 Å². The molecule has 1 aliphatic rings. The predicted octanol–water partition coefficient (Wildman–Crippen LogP) is 2.78. The molecule has 0 saturated carbocycles. The van der Waals surface area contributed by atoms with E-state index in [1.54, 1.807) is 20.0 Å². The summed E-state index contributed by atoms with van der Waals surface area (Å²) < 4.78 is 13.8. The Labute approximate surface area is 164 Å². The van der Waals surface area contributed by atoms with Gasteiger partial charge < -0.3 is 20.4 Å². The van der Waals surface area contributed by atoms with Crippen molar-refractivity contribution in [3.05, 3.63) is 35.1 Å². The van der Waals surface area contributed by atoms with Crippen molar-refractivity contribution in [2.45, 2.75) is 39.7 Å². The van der Waals surface area contributed by atoms with Crippen molar-refractivity contribution in [2.24, 2.45) is 4.99 Å². The van der Waals surface area contributed by atoms with Crippen LogP contribution in [0.2, 0.25) is 0 Å². The molecule has 6 heteroatoms. The number of aliphatic imine (C=N–C) groups is 1. The average Bonchev–Trinajstić information content (AvgIpc) is 2.69. The van der Waals surface area contributed by atoms with Gasteiger partial charge in [-0.15, -0.1) is 0 Å². The number of likely N-dealkylation sites (N-methyl/N-ethyl adjacent to an activating group) is 1. The first-order valence-corrected chi connectivity index (χ1v) is 10.2. The molecule has 1 aromatic rings. The van der Waals surface area contributed by atoms with E-state index in [4.69, 9.17) is 0 Å². The van der Waals surface area contributed by atoms with Crippen molar-refractivity contribution in [1.29, 1.82) is 0 Å². The summed E-state index contributed by atoms with van der Waals surface area (Å²) in [6.45, 7) is 14.0. The number of rotatable bonds is 8. The molecule has 2 rings (SSSR count). The Morgan fingerprint density at radius 3 is 2.52 bits per heavy atom. The number of benzene rings is 1. The van der Waals surface area contributed by atoms with Gasteiger partial charge in [-0.05, 0) is 57.0 Å². The number of unbranched alkanes of at least 4 members (excludes halogenated alkanes) is 1. The predicted molar refractivity (Wildman–Crippen MR) is 112 cm³/mol. The van der Waals surface area contributed by atoms with Crippen molar-refractivity contribution >= 4 is 5.96 Å². The molecule has 27 heavy (non-hydrogen) atoms. The van der Waals surface area contributed by atoms with E-state index in [2.05, 4.69) is 32.3 Å². The third kappa shape index (κ3) is 7.11. The van der Waals surface area contributed by atoms with E-state index >= 15 is 0 Å². The van der Waals surface area contributed by atoms with Gasteiger partial charge in [0.1, 0.15) is 5.82 Å². The smallest absolute Gasteiger partial charge is 0.191 e. The van der Waals surface area contributed by atoms with Crippen LogP contribution in [0.4, 0.5) is 4.39 Å². The summed E-state index contributed by atoms with van der Waals surface area (Å²) in [7, 11) is 1.77. The molecule has 1 heterocycles. The van der Waals surface area contributed by atoms with Gasteiger partial charge in [0.05, 0.1) is 6.04 Å². The second kappa shape index (κ2) is 11.2. The highest BCUT2D eigenvalue weighted by molar-refractivity contribution is 5.80. The highest BCUT2D eigenvalue weighted by atomic mass is 19.1. The van der Waals surface area contributed by atoms with Crippen LogP contribution in [0, 0.1) is 12.7 Å². The molecule has 0 spiro atoms. The zero-order valence-corrected chi connectivity index (χ0v) is 17.4. The van der Waals surface area contributed by atoms with Gasteiger partial charge in [0, 0.05) is 39.8 Å². The summed E-state index contributed by atoms with van der Waals surface area (Å²) in [5, 5.41) is 6.71. The molecule has 0 amide bonds. The largest absolute Gasteiger partial charge is 0.356 e. The Hall–Kier alpha value is -1.66. The molecule has 1 aromatic carbocycles. The molecule has 1 unspecified atom stereocenters. The van der Waals surface area contributed by atoms with Crippen LogP contribution in [-0.2, 0) is 0 Å². The third-order valence-corrected chi connectivity index (χ3v) is 5.38. The standard InChI is InChI=1S/C21H36FN5/c1-5-26-12-14-27(15-13-26)11-7-6-10-24-21(23-4)25-18(3)19-9-8-17(2)20(22)16-19/h8-9,16,18H,5-7,10-15H2,1-4H3,(H2,23,24,25). The first kappa shape index (κ1) is 21.6. The summed E-state index contributed by atoms with van der Waals surface area (Å²) in [6, 6.07) is 5.38. The minimum absolute atomic E-state index is 0.00108. The van der Waals surface area contributed by atoms with Crippen LogP contribution in [0.15, 0.2) is 23.2 Å². The molecule has 0 radical (unpaired) electrons. The normalized spacial score (nSPS) is 17.7. The lowest BCUT2D eigenvalue weighted by molar-refractivity contribution is 0.136. The number of guanidine groups is 1. The highest BCUT2D eigenvalue weighted by Crippen LogP contribution is 2.16. The second-order valence-electron chi connectivity index (χ2n) is 7.36. The van der Waals surface area contributed by atoms with Crippen molar-refractivity contribution < 1.29 is 4.39 Å². The lowest BCUT2D eigenvalue weighted by Gasteiger charge is -2.34. The van der Waals surface area contributed by atoms with Crippen LogP contribution in [0.25, 0.3) is 0 Å². The minimum atomic E-state index is -0.163. The number of piperazine rings is 1. The SMILES string of the molecule is CCN1CCN(CCCCNC(=NC)NC(C)c2ccc(C)c(F)c2)CC1. The van der Waals surface area contributed by atoms with Crippen molar-refractivity contribution in [2.75, 3.05) is 52.9 Å². The molecule has 152 valence electrons. The Bertz CT molecular complexity index is 596. The van der Waals surface area contributed by atoms with E-state index < -0.39 is 0 Å². The van der Waals surface area contributed by atoms with Gasteiger partial charge in [-0.3, -0.25) is 4.99 Å². The zero-order chi connectivity index (χ0) is 19.6. The summed E-state index contributed by atoms with van der Waals surface area (Å²) in [6.07, 6.45) is 2.30. The Morgan fingerprint density at radius 2 is 1.89 bits per heavy atom. The summed E-state index contributed by atoms with van der Waals surface area (Å²) in [4.78, 5) is 9.35. The van der Waals surface area contributed by atoms with Crippen LogP contribution in [0.3, 0.4) is 0 Å². The molecule has 5 nitrogen and oxygen atoms in total. The number of aryl methyl sites for hydroxylation is 1. The van der Waals surface area contributed by atoms with E-state index in [0.29, 0.717) is 5.56 Å². The van der Waals surface area contributed by atoms with Crippen LogP contribution in [0.1, 0.15) is 43.9 Å². The topological polar surface area (TPSA) is 42.9 Å². The van der Waals surface area contributed by atoms with Crippen LogP contribution in [-0.4, -0.2) is 68.6 Å². The van der Waals surface area contributed by atoms with Crippen LogP contribution >= 0.6 is 0 Å². The molecule has 2 N–H and O–H groups in total. The number of nitrogens with zero attached hydrogens (tertiary/aromatic N) is 3. The van der Waals surface area contributed by atoms with Crippen molar-refractivity contribution in [3.8, 4) is 0 Å². The number of hydrogen-bond acceptors (Lipinski definition) is 3. The summed E-state index contributed by atoms with van der Waals surface area (Å²) in [5.74, 6) is 0.601. The van der Waals surface area contributed by atoms with Gasteiger partial charge >= 0.3 is 0 Å². The maximum Gasteiger partial charge on any atom is 0.191 e. The van der Waals surface area contributed by atoms with E-state index in [0.717, 1.165) is 31.0 Å². The van der Waals surface area contributed by atoms with E-state index in [9.17, 15) is 4.39 Å². The van der Waals surface area contributed by atoms with Crippen molar-refractivity contribution in [3.63, 3.8) is 0 Å². The Balaban J connectivity index is 1.64. The lowest BCUT2D eigenvalue weighted by atomic mass is 10.1. The molecule has 1 aliphatic heterocycles. The van der Waals surface area contributed by atoms with Gasteiger partial charge in [0.15, 0.2) is 5.96 Å².